The molecule has 0 bridgehead atoms. The van der Waals surface area contributed by atoms with Crippen molar-refractivity contribution in [3.05, 3.63) is 12.2 Å². The SMILES string of the molecule is C#CC(C)(C)C1C=CC(=O)C1. The van der Waals surface area contributed by atoms with Gasteiger partial charge in [0.05, 0.1) is 0 Å². The van der Waals surface area contributed by atoms with Crippen molar-refractivity contribution in [2.75, 3.05) is 0 Å². The molecule has 0 aliphatic heterocycles. The van der Waals surface area contributed by atoms with Crippen molar-refractivity contribution in [3.8, 4) is 12.3 Å². The number of rotatable bonds is 1. The van der Waals surface area contributed by atoms with Crippen LogP contribution < -0.4 is 0 Å². The highest BCUT2D eigenvalue weighted by molar-refractivity contribution is 5.92. The van der Waals surface area contributed by atoms with Gasteiger partial charge < -0.3 is 0 Å². The fraction of sp³-hybridized carbons (Fsp3) is 0.500. The lowest BCUT2D eigenvalue weighted by atomic mass is 9.79. The Bertz CT molecular complexity index is 240. The summed E-state index contributed by atoms with van der Waals surface area (Å²) in [4.78, 5) is 10.9. The van der Waals surface area contributed by atoms with Crippen LogP contribution in [0.15, 0.2) is 12.2 Å². The number of hydrogen-bond donors (Lipinski definition) is 0. The third-order valence-corrected chi connectivity index (χ3v) is 2.23. The first-order valence-corrected chi connectivity index (χ1v) is 3.75. The number of terminal acetylenes is 1. The first kappa shape index (κ1) is 8.07. The van der Waals surface area contributed by atoms with Gasteiger partial charge in [0.2, 0.25) is 0 Å². The van der Waals surface area contributed by atoms with Gasteiger partial charge in [0, 0.05) is 17.8 Å². The standard InChI is InChI=1S/C10H12O/c1-4-10(2,3)8-5-6-9(11)7-8/h1,5-6,8H,7H2,2-3H3. The molecule has 1 aliphatic rings. The number of carbonyl (C=O) groups excluding carboxylic acids is 1. The predicted molar refractivity (Wildman–Crippen MR) is 44.9 cm³/mol. The van der Waals surface area contributed by atoms with Crippen LogP contribution in [-0.2, 0) is 4.79 Å². The first-order chi connectivity index (χ1) is 5.06. The van der Waals surface area contributed by atoms with Crippen LogP contribution >= 0.6 is 0 Å². The summed E-state index contributed by atoms with van der Waals surface area (Å²) in [5.41, 5.74) is -0.178. The smallest absolute Gasteiger partial charge is 0.156 e. The zero-order valence-electron chi connectivity index (χ0n) is 6.92. The van der Waals surface area contributed by atoms with Gasteiger partial charge in [-0.1, -0.05) is 12.0 Å². The summed E-state index contributed by atoms with van der Waals surface area (Å²) in [7, 11) is 0. The van der Waals surface area contributed by atoms with Crippen molar-refractivity contribution in [1.82, 2.24) is 0 Å². The zero-order valence-corrected chi connectivity index (χ0v) is 6.92. The minimum atomic E-state index is -0.178. The van der Waals surface area contributed by atoms with Gasteiger partial charge in [0.1, 0.15) is 0 Å². The maximum Gasteiger partial charge on any atom is 0.156 e. The second-order valence-corrected chi connectivity index (χ2v) is 3.50. The fourth-order valence-electron chi connectivity index (χ4n) is 1.18. The minimum absolute atomic E-state index is 0.178. The van der Waals surface area contributed by atoms with E-state index in [9.17, 15) is 4.79 Å². The van der Waals surface area contributed by atoms with Crippen molar-refractivity contribution in [3.63, 3.8) is 0 Å². The Morgan fingerprint density at radius 1 is 1.73 bits per heavy atom. The van der Waals surface area contributed by atoms with Crippen molar-refractivity contribution in [2.24, 2.45) is 11.3 Å². The van der Waals surface area contributed by atoms with Crippen LogP contribution in [-0.4, -0.2) is 5.78 Å². The summed E-state index contributed by atoms with van der Waals surface area (Å²) in [6, 6.07) is 0. The van der Waals surface area contributed by atoms with Gasteiger partial charge in [0.25, 0.3) is 0 Å². The lowest BCUT2D eigenvalue weighted by molar-refractivity contribution is -0.114. The van der Waals surface area contributed by atoms with Crippen LogP contribution in [0.4, 0.5) is 0 Å². The van der Waals surface area contributed by atoms with Gasteiger partial charge in [-0.25, -0.2) is 0 Å². The van der Waals surface area contributed by atoms with E-state index in [1.807, 2.05) is 19.9 Å². The van der Waals surface area contributed by atoms with E-state index in [-0.39, 0.29) is 17.1 Å². The van der Waals surface area contributed by atoms with Crippen LogP contribution in [0.25, 0.3) is 0 Å². The molecule has 0 radical (unpaired) electrons. The molecule has 1 nitrogen and oxygen atoms in total. The molecule has 58 valence electrons. The highest BCUT2D eigenvalue weighted by atomic mass is 16.1. The van der Waals surface area contributed by atoms with Gasteiger partial charge in [-0.15, -0.1) is 6.42 Å². The Kier molecular flexibility index (Phi) is 1.87. The molecular formula is C10H12O. The maximum absolute atomic E-state index is 10.9. The number of allylic oxidation sites excluding steroid dienone is 2. The quantitative estimate of drug-likeness (QED) is 0.518. The van der Waals surface area contributed by atoms with E-state index >= 15 is 0 Å². The van der Waals surface area contributed by atoms with Crippen LogP contribution in [0, 0.1) is 23.7 Å². The van der Waals surface area contributed by atoms with E-state index in [1.165, 1.54) is 0 Å². The third kappa shape index (κ3) is 1.51. The van der Waals surface area contributed by atoms with Gasteiger partial charge in [-0.3, -0.25) is 4.79 Å². The zero-order chi connectivity index (χ0) is 8.48. The summed E-state index contributed by atoms with van der Waals surface area (Å²) in [5, 5.41) is 0. The summed E-state index contributed by atoms with van der Waals surface area (Å²) >= 11 is 0. The van der Waals surface area contributed by atoms with Gasteiger partial charge in [-0.05, 0) is 19.9 Å². The third-order valence-electron chi connectivity index (χ3n) is 2.23. The maximum atomic E-state index is 10.9. The van der Waals surface area contributed by atoms with Gasteiger partial charge in [-0.2, -0.15) is 0 Å². The van der Waals surface area contributed by atoms with Crippen LogP contribution in [0.3, 0.4) is 0 Å². The molecule has 0 amide bonds. The number of ketones is 1. The minimum Gasteiger partial charge on any atom is -0.295 e. The summed E-state index contributed by atoms with van der Waals surface area (Å²) in [5.74, 6) is 3.13. The highest BCUT2D eigenvalue weighted by Gasteiger charge is 2.29. The molecule has 0 fully saturated rings. The van der Waals surface area contributed by atoms with Crippen LogP contribution in [0.2, 0.25) is 0 Å². The van der Waals surface area contributed by atoms with E-state index in [0.29, 0.717) is 6.42 Å². The van der Waals surface area contributed by atoms with E-state index in [1.54, 1.807) is 6.08 Å². The molecule has 1 heteroatoms. The van der Waals surface area contributed by atoms with Gasteiger partial charge >= 0.3 is 0 Å². The average Bonchev–Trinajstić information content (AvgIpc) is 2.36. The topological polar surface area (TPSA) is 17.1 Å². The van der Waals surface area contributed by atoms with E-state index in [2.05, 4.69) is 5.92 Å². The molecule has 1 aliphatic carbocycles. The summed E-state index contributed by atoms with van der Waals surface area (Å²) in [6.45, 7) is 3.97. The Labute approximate surface area is 67.5 Å². The second-order valence-electron chi connectivity index (χ2n) is 3.50. The summed E-state index contributed by atoms with van der Waals surface area (Å²) < 4.78 is 0. The van der Waals surface area contributed by atoms with Crippen molar-refractivity contribution < 1.29 is 4.79 Å². The van der Waals surface area contributed by atoms with Crippen LogP contribution in [0.5, 0.6) is 0 Å². The molecule has 0 saturated carbocycles. The van der Waals surface area contributed by atoms with Crippen molar-refractivity contribution in [2.45, 2.75) is 20.3 Å². The predicted octanol–water partition coefficient (Wildman–Crippen LogP) is 1.79. The van der Waals surface area contributed by atoms with Crippen LogP contribution in [0.1, 0.15) is 20.3 Å². The normalized spacial score (nSPS) is 23.7. The molecule has 0 aromatic rings. The highest BCUT2D eigenvalue weighted by Crippen LogP contribution is 2.32. The molecule has 1 atom stereocenters. The largest absolute Gasteiger partial charge is 0.295 e. The average molecular weight is 148 g/mol. The molecule has 0 aromatic carbocycles. The molecule has 11 heavy (non-hydrogen) atoms. The molecule has 0 spiro atoms. The van der Waals surface area contributed by atoms with Crippen molar-refractivity contribution in [1.29, 1.82) is 0 Å². The second kappa shape index (κ2) is 2.54. The Morgan fingerprint density at radius 3 is 2.73 bits per heavy atom. The summed E-state index contributed by atoms with van der Waals surface area (Å²) in [6.07, 6.45) is 9.46. The lowest BCUT2D eigenvalue weighted by Gasteiger charge is -2.23. The van der Waals surface area contributed by atoms with E-state index in [0.717, 1.165) is 0 Å². The number of hydrogen-bond acceptors (Lipinski definition) is 1. The molecular weight excluding hydrogens is 136 g/mol. The Morgan fingerprint density at radius 2 is 2.36 bits per heavy atom. The van der Waals surface area contributed by atoms with E-state index < -0.39 is 0 Å². The monoisotopic (exact) mass is 148 g/mol. The lowest BCUT2D eigenvalue weighted by Crippen LogP contribution is -2.19. The molecule has 0 aromatic heterocycles. The molecule has 1 rings (SSSR count). The van der Waals surface area contributed by atoms with E-state index in [4.69, 9.17) is 6.42 Å². The molecule has 0 heterocycles. The fourth-order valence-corrected chi connectivity index (χ4v) is 1.18. The van der Waals surface area contributed by atoms with Crippen molar-refractivity contribution >= 4 is 5.78 Å². The number of carbonyl (C=O) groups is 1. The van der Waals surface area contributed by atoms with Gasteiger partial charge in [0.15, 0.2) is 5.78 Å². The first-order valence-electron chi connectivity index (χ1n) is 3.75. The molecule has 1 unspecified atom stereocenters. The Balaban J connectivity index is 2.74. The molecule has 0 saturated heterocycles. The Hall–Kier alpha value is -1.03. The molecule has 0 N–H and O–H groups in total.